The lowest BCUT2D eigenvalue weighted by Crippen LogP contribution is -2.39. The predicted molar refractivity (Wildman–Crippen MR) is 90.5 cm³/mol. The standard InChI is InChI=1S/C18H26N4/c1-14(2)9-17-7-8-22(13-17)18(20-3)21-12-16-6-4-5-15(10-16)11-19/h4-6,10,14,17H,7-9,12-13H2,1-3H3,(H,20,21). The van der Waals surface area contributed by atoms with E-state index in [0.29, 0.717) is 12.1 Å². The van der Waals surface area contributed by atoms with Crippen molar-refractivity contribution in [1.29, 1.82) is 5.26 Å². The first-order valence-electron chi connectivity index (χ1n) is 8.07. The zero-order valence-electron chi connectivity index (χ0n) is 13.8. The molecule has 0 bridgehead atoms. The fourth-order valence-electron chi connectivity index (χ4n) is 3.15. The van der Waals surface area contributed by atoms with Gasteiger partial charge in [0.25, 0.3) is 0 Å². The molecule has 22 heavy (non-hydrogen) atoms. The van der Waals surface area contributed by atoms with Gasteiger partial charge in [0, 0.05) is 26.7 Å². The lowest BCUT2D eigenvalue weighted by molar-refractivity contribution is 0.403. The van der Waals surface area contributed by atoms with Crippen molar-refractivity contribution in [2.45, 2.75) is 33.2 Å². The third kappa shape index (κ3) is 4.49. The van der Waals surface area contributed by atoms with Crippen molar-refractivity contribution in [1.82, 2.24) is 10.2 Å². The maximum absolute atomic E-state index is 8.96. The average molecular weight is 298 g/mol. The fraction of sp³-hybridized carbons (Fsp3) is 0.556. The van der Waals surface area contributed by atoms with E-state index in [2.05, 4.69) is 35.1 Å². The first-order valence-corrected chi connectivity index (χ1v) is 8.07. The summed E-state index contributed by atoms with van der Waals surface area (Å²) in [6, 6.07) is 9.89. The van der Waals surface area contributed by atoms with Crippen LogP contribution in [0.4, 0.5) is 0 Å². The minimum atomic E-state index is 0.701. The van der Waals surface area contributed by atoms with Crippen LogP contribution >= 0.6 is 0 Å². The van der Waals surface area contributed by atoms with Crippen LogP contribution in [0.25, 0.3) is 0 Å². The minimum absolute atomic E-state index is 0.701. The summed E-state index contributed by atoms with van der Waals surface area (Å²) < 4.78 is 0. The molecule has 1 aliphatic heterocycles. The van der Waals surface area contributed by atoms with Gasteiger partial charge >= 0.3 is 0 Å². The van der Waals surface area contributed by atoms with Crippen molar-refractivity contribution >= 4 is 5.96 Å². The smallest absolute Gasteiger partial charge is 0.193 e. The summed E-state index contributed by atoms with van der Waals surface area (Å²) in [4.78, 5) is 6.76. The average Bonchev–Trinajstić information content (AvgIpc) is 2.95. The van der Waals surface area contributed by atoms with Gasteiger partial charge in [0.1, 0.15) is 0 Å². The molecule has 1 saturated heterocycles. The number of aliphatic imine (C=N–C) groups is 1. The molecule has 1 N–H and O–H groups in total. The summed E-state index contributed by atoms with van der Waals surface area (Å²) in [6.45, 7) is 7.45. The molecular weight excluding hydrogens is 272 g/mol. The van der Waals surface area contributed by atoms with Gasteiger partial charge < -0.3 is 10.2 Å². The second-order valence-electron chi connectivity index (χ2n) is 6.44. The Bertz CT molecular complexity index is 556. The van der Waals surface area contributed by atoms with Crippen molar-refractivity contribution in [3.63, 3.8) is 0 Å². The zero-order chi connectivity index (χ0) is 15.9. The molecule has 1 heterocycles. The molecule has 1 fully saturated rings. The molecule has 2 rings (SSSR count). The van der Waals surface area contributed by atoms with Gasteiger partial charge in [0.2, 0.25) is 0 Å². The second-order valence-corrected chi connectivity index (χ2v) is 6.44. The van der Waals surface area contributed by atoms with E-state index in [1.165, 1.54) is 12.8 Å². The number of rotatable bonds is 4. The Hall–Kier alpha value is -2.02. The van der Waals surface area contributed by atoms with Gasteiger partial charge in [-0.15, -0.1) is 0 Å². The fourth-order valence-corrected chi connectivity index (χ4v) is 3.15. The van der Waals surface area contributed by atoms with Crippen LogP contribution < -0.4 is 5.32 Å². The van der Waals surface area contributed by atoms with Gasteiger partial charge in [0.05, 0.1) is 11.6 Å². The minimum Gasteiger partial charge on any atom is -0.352 e. The molecular formula is C18H26N4. The van der Waals surface area contributed by atoms with E-state index in [-0.39, 0.29) is 0 Å². The molecule has 0 radical (unpaired) electrons. The number of nitrogens with zero attached hydrogens (tertiary/aromatic N) is 3. The highest BCUT2D eigenvalue weighted by Gasteiger charge is 2.25. The highest BCUT2D eigenvalue weighted by molar-refractivity contribution is 5.80. The van der Waals surface area contributed by atoms with E-state index >= 15 is 0 Å². The molecule has 4 heteroatoms. The van der Waals surface area contributed by atoms with Gasteiger partial charge in [-0.3, -0.25) is 4.99 Å². The molecule has 1 aliphatic rings. The molecule has 4 nitrogen and oxygen atoms in total. The predicted octanol–water partition coefficient (Wildman–Crippen LogP) is 3.00. The highest BCUT2D eigenvalue weighted by atomic mass is 15.3. The Balaban J connectivity index is 1.89. The van der Waals surface area contributed by atoms with Crippen LogP contribution in [-0.2, 0) is 6.54 Å². The van der Waals surface area contributed by atoms with Gasteiger partial charge in [-0.05, 0) is 42.4 Å². The summed E-state index contributed by atoms with van der Waals surface area (Å²) in [6.07, 6.45) is 2.54. The molecule has 0 aliphatic carbocycles. The molecule has 1 aromatic rings. The number of hydrogen-bond acceptors (Lipinski definition) is 2. The van der Waals surface area contributed by atoms with E-state index in [1.54, 1.807) is 0 Å². The van der Waals surface area contributed by atoms with Crippen LogP contribution in [0, 0.1) is 23.2 Å². The number of hydrogen-bond donors (Lipinski definition) is 1. The largest absolute Gasteiger partial charge is 0.352 e. The maximum atomic E-state index is 8.96. The Morgan fingerprint density at radius 2 is 2.32 bits per heavy atom. The third-order valence-corrected chi connectivity index (χ3v) is 4.11. The quantitative estimate of drug-likeness (QED) is 0.687. The molecule has 118 valence electrons. The Morgan fingerprint density at radius 3 is 3.00 bits per heavy atom. The van der Waals surface area contributed by atoms with E-state index in [9.17, 15) is 0 Å². The van der Waals surface area contributed by atoms with E-state index in [1.807, 2.05) is 31.3 Å². The third-order valence-electron chi connectivity index (χ3n) is 4.11. The van der Waals surface area contributed by atoms with Crippen molar-refractivity contribution < 1.29 is 0 Å². The van der Waals surface area contributed by atoms with Crippen LogP contribution in [-0.4, -0.2) is 31.0 Å². The number of nitrogens with one attached hydrogen (secondary N) is 1. The number of guanidine groups is 1. The second kappa shape index (κ2) is 7.84. The number of likely N-dealkylation sites (tertiary alicyclic amines) is 1. The molecule has 0 aromatic heterocycles. The summed E-state index contributed by atoms with van der Waals surface area (Å²) in [5.74, 6) is 2.50. The van der Waals surface area contributed by atoms with Crippen molar-refractivity contribution in [3.8, 4) is 6.07 Å². The Morgan fingerprint density at radius 1 is 1.50 bits per heavy atom. The van der Waals surface area contributed by atoms with Gasteiger partial charge in [-0.1, -0.05) is 26.0 Å². The molecule has 1 atom stereocenters. The summed E-state index contributed by atoms with van der Waals surface area (Å²) in [5, 5.41) is 12.4. The van der Waals surface area contributed by atoms with Crippen LogP contribution in [0.1, 0.15) is 37.8 Å². The van der Waals surface area contributed by atoms with Crippen LogP contribution in [0.15, 0.2) is 29.3 Å². The molecule has 0 spiro atoms. The van der Waals surface area contributed by atoms with E-state index < -0.39 is 0 Å². The van der Waals surface area contributed by atoms with Crippen molar-refractivity contribution in [2.24, 2.45) is 16.8 Å². The Labute approximate surface area is 133 Å². The topological polar surface area (TPSA) is 51.4 Å². The maximum Gasteiger partial charge on any atom is 0.193 e. The van der Waals surface area contributed by atoms with Gasteiger partial charge in [-0.2, -0.15) is 5.26 Å². The zero-order valence-corrected chi connectivity index (χ0v) is 13.8. The van der Waals surface area contributed by atoms with Crippen LogP contribution in [0.2, 0.25) is 0 Å². The summed E-state index contributed by atoms with van der Waals surface area (Å²) in [7, 11) is 1.84. The number of nitriles is 1. The first-order chi connectivity index (χ1) is 10.6. The Kier molecular flexibility index (Phi) is 5.83. The first kappa shape index (κ1) is 16.4. The van der Waals surface area contributed by atoms with Crippen molar-refractivity contribution in [2.75, 3.05) is 20.1 Å². The highest BCUT2D eigenvalue weighted by Crippen LogP contribution is 2.23. The van der Waals surface area contributed by atoms with Crippen LogP contribution in [0.3, 0.4) is 0 Å². The lowest BCUT2D eigenvalue weighted by atomic mass is 9.97. The number of benzene rings is 1. The van der Waals surface area contributed by atoms with Crippen molar-refractivity contribution in [3.05, 3.63) is 35.4 Å². The van der Waals surface area contributed by atoms with E-state index in [0.717, 1.165) is 36.4 Å². The molecule has 0 saturated carbocycles. The normalized spacial score (nSPS) is 18.6. The lowest BCUT2D eigenvalue weighted by Gasteiger charge is -2.22. The molecule has 1 aromatic carbocycles. The van der Waals surface area contributed by atoms with Gasteiger partial charge in [-0.25, -0.2) is 0 Å². The monoisotopic (exact) mass is 298 g/mol. The molecule has 1 unspecified atom stereocenters. The summed E-state index contributed by atoms with van der Waals surface area (Å²) >= 11 is 0. The SMILES string of the molecule is CN=C(NCc1cccc(C#N)c1)N1CCC(CC(C)C)C1. The van der Waals surface area contributed by atoms with Crippen LogP contribution in [0.5, 0.6) is 0 Å². The van der Waals surface area contributed by atoms with Gasteiger partial charge in [0.15, 0.2) is 5.96 Å². The summed E-state index contributed by atoms with van der Waals surface area (Å²) in [5.41, 5.74) is 1.81. The molecule has 0 amide bonds. The van der Waals surface area contributed by atoms with E-state index in [4.69, 9.17) is 5.26 Å².